The summed E-state index contributed by atoms with van der Waals surface area (Å²) in [5.74, 6) is 1.53. The minimum Gasteiger partial charge on any atom is -0.390 e. The number of fused-ring (bicyclic) bond motifs is 1. The Morgan fingerprint density at radius 3 is 2.70 bits per heavy atom. The number of pyridine rings is 1. The molecule has 4 N–H and O–H groups in total. The molecule has 4 fully saturated rings. The van der Waals surface area contributed by atoms with Gasteiger partial charge in [-0.05, 0) is 69.8 Å². The van der Waals surface area contributed by atoms with Gasteiger partial charge in [0.2, 0.25) is 0 Å². The number of H-pyrrole nitrogens is 1. The smallest absolute Gasteiger partial charge is 0.255 e. The zero-order chi connectivity index (χ0) is 18.8. The van der Waals surface area contributed by atoms with Crippen LogP contribution in [0.3, 0.4) is 0 Å². The maximum Gasteiger partial charge on any atom is 0.255 e. The first-order valence-corrected chi connectivity index (χ1v) is 10.2. The maximum atomic E-state index is 12.8. The molecule has 144 valence electrons. The highest BCUT2D eigenvalue weighted by atomic mass is 16.3. The first-order valence-electron chi connectivity index (χ1n) is 10.2. The third-order valence-corrected chi connectivity index (χ3v) is 6.80. The van der Waals surface area contributed by atoms with E-state index in [0.717, 1.165) is 36.0 Å². The summed E-state index contributed by atoms with van der Waals surface area (Å²) in [6.07, 6.45) is 8.65. The van der Waals surface area contributed by atoms with Gasteiger partial charge in [-0.15, -0.1) is 0 Å². The highest BCUT2D eigenvalue weighted by Gasteiger charge is 2.54. The third kappa shape index (κ3) is 2.81. The number of aliphatic hydroxyl groups is 1. The van der Waals surface area contributed by atoms with E-state index in [1.807, 2.05) is 26.1 Å². The van der Waals surface area contributed by atoms with Crippen LogP contribution in [-0.2, 0) is 0 Å². The molecule has 2 aromatic rings. The molecule has 0 saturated heterocycles. The van der Waals surface area contributed by atoms with Gasteiger partial charge in [-0.2, -0.15) is 0 Å². The quantitative estimate of drug-likeness (QED) is 0.668. The molecule has 1 amide bonds. The SMILES string of the molecule is CC(C)NC(=O)c1cnc2[nH]ccc2c1N[C@H]1[C@@H]2CC3C[C@H]1C[C@@](O)(C3)C2. The van der Waals surface area contributed by atoms with Crippen molar-refractivity contribution in [2.45, 2.75) is 63.6 Å². The summed E-state index contributed by atoms with van der Waals surface area (Å²) >= 11 is 0. The summed E-state index contributed by atoms with van der Waals surface area (Å²) in [5, 5.41) is 18.6. The Hall–Kier alpha value is -2.08. The highest BCUT2D eigenvalue weighted by Crippen LogP contribution is 2.56. The van der Waals surface area contributed by atoms with Crippen molar-refractivity contribution < 1.29 is 9.90 Å². The number of nitrogens with one attached hydrogen (secondary N) is 3. The van der Waals surface area contributed by atoms with Crippen LogP contribution in [0.15, 0.2) is 18.5 Å². The number of carbonyl (C=O) groups is 1. The average molecular weight is 368 g/mol. The van der Waals surface area contributed by atoms with Crippen molar-refractivity contribution in [1.82, 2.24) is 15.3 Å². The second-order valence-electron chi connectivity index (χ2n) is 9.28. The molecule has 4 aliphatic rings. The average Bonchev–Trinajstić information content (AvgIpc) is 3.04. The fourth-order valence-corrected chi connectivity index (χ4v) is 6.06. The summed E-state index contributed by atoms with van der Waals surface area (Å²) in [6.45, 7) is 3.93. The molecule has 1 unspecified atom stereocenters. The lowest BCUT2D eigenvalue weighted by Crippen LogP contribution is -2.59. The Morgan fingerprint density at radius 2 is 2.04 bits per heavy atom. The third-order valence-electron chi connectivity index (χ3n) is 6.80. The number of anilines is 1. The van der Waals surface area contributed by atoms with Gasteiger partial charge in [0, 0.05) is 29.9 Å². The second kappa shape index (κ2) is 5.96. The van der Waals surface area contributed by atoms with Gasteiger partial charge in [0.1, 0.15) is 5.65 Å². The van der Waals surface area contributed by atoms with E-state index in [1.165, 1.54) is 12.8 Å². The van der Waals surface area contributed by atoms with Gasteiger partial charge in [-0.1, -0.05) is 0 Å². The van der Waals surface area contributed by atoms with Crippen LogP contribution in [0.25, 0.3) is 11.0 Å². The molecule has 5 atom stereocenters. The monoisotopic (exact) mass is 368 g/mol. The molecular formula is C21H28N4O2. The van der Waals surface area contributed by atoms with E-state index < -0.39 is 5.60 Å². The number of hydrogen-bond acceptors (Lipinski definition) is 4. The molecular weight excluding hydrogens is 340 g/mol. The van der Waals surface area contributed by atoms with Crippen molar-refractivity contribution in [3.63, 3.8) is 0 Å². The van der Waals surface area contributed by atoms with E-state index in [2.05, 4.69) is 20.6 Å². The van der Waals surface area contributed by atoms with E-state index in [4.69, 9.17) is 0 Å². The molecule has 27 heavy (non-hydrogen) atoms. The molecule has 0 aliphatic heterocycles. The van der Waals surface area contributed by atoms with Crippen molar-refractivity contribution >= 4 is 22.6 Å². The van der Waals surface area contributed by atoms with Crippen molar-refractivity contribution in [1.29, 1.82) is 0 Å². The van der Waals surface area contributed by atoms with E-state index >= 15 is 0 Å². The van der Waals surface area contributed by atoms with E-state index in [1.54, 1.807) is 6.20 Å². The maximum absolute atomic E-state index is 12.8. The molecule has 4 saturated carbocycles. The van der Waals surface area contributed by atoms with Crippen molar-refractivity contribution in [3.05, 3.63) is 24.0 Å². The van der Waals surface area contributed by atoms with Crippen LogP contribution < -0.4 is 10.6 Å². The lowest BCUT2D eigenvalue weighted by atomic mass is 9.52. The standard InChI is InChI=1S/C21H28N4O2/c1-11(2)24-20(26)16-10-23-19-15(3-4-22-19)18(16)25-17-13-5-12-6-14(17)9-21(27,7-12)8-13/h3-4,10-14,17,27H,5-9H2,1-2H3,(H,24,26)(H2,22,23,25)/t12?,13-,14+,17+,21-. The van der Waals surface area contributed by atoms with Gasteiger partial charge in [0.05, 0.1) is 16.9 Å². The molecule has 4 aliphatic carbocycles. The van der Waals surface area contributed by atoms with E-state index in [0.29, 0.717) is 29.4 Å². The minimum atomic E-state index is -0.450. The summed E-state index contributed by atoms with van der Waals surface area (Å²) in [7, 11) is 0. The number of aromatic nitrogens is 2. The Morgan fingerprint density at radius 1 is 1.30 bits per heavy atom. The summed E-state index contributed by atoms with van der Waals surface area (Å²) < 4.78 is 0. The second-order valence-corrected chi connectivity index (χ2v) is 9.28. The number of rotatable bonds is 4. The Labute approximate surface area is 159 Å². The lowest BCUT2D eigenvalue weighted by molar-refractivity contribution is -0.129. The Kier molecular flexibility index (Phi) is 3.76. The molecule has 6 rings (SSSR count). The predicted molar refractivity (Wildman–Crippen MR) is 105 cm³/mol. The summed E-state index contributed by atoms with van der Waals surface area (Å²) in [6, 6.07) is 2.37. The number of nitrogens with zero attached hydrogens (tertiary/aromatic N) is 1. The molecule has 2 heterocycles. The Bertz CT molecular complexity index is 873. The van der Waals surface area contributed by atoms with Gasteiger partial charge >= 0.3 is 0 Å². The van der Waals surface area contributed by atoms with Gasteiger partial charge < -0.3 is 20.7 Å². The van der Waals surface area contributed by atoms with Gasteiger partial charge in [0.25, 0.3) is 5.91 Å². The zero-order valence-corrected chi connectivity index (χ0v) is 16.0. The Balaban J connectivity index is 1.51. The number of aromatic amines is 1. The van der Waals surface area contributed by atoms with Crippen LogP contribution in [-0.4, -0.2) is 38.7 Å². The fraction of sp³-hybridized carbons (Fsp3) is 0.619. The van der Waals surface area contributed by atoms with E-state index in [-0.39, 0.29) is 11.9 Å². The first-order chi connectivity index (χ1) is 12.9. The van der Waals surface area contributed by atoms with Gasteiger partial charge in [-0.3, -0.25) is 4.79 Å². The molecule has 0 spiro atoms. The summed E-state index contributed by atoms with van der Waals surface area (Å²) in [5.41, 5.74) is 1.82. The van der Waals surface area contributed by atoms with Crippen molar-refractivity contribution in [2.75, 3.05) is 5.32 Å². The minimum absolute atomic E-state index is 0.0719. The molecule has 2 aromatic heterocycles. The molecule has 0 radical (unpaired) electrons. The van der Waals surface area contributed by atoms with Crippen molar-refractivity contribution in [2.24, 2.45) is 17.8 Å². The van der Waals surface area contributed by atoms with Crippen LogP contribution in [0, 0.1) is 17.8 Å². The molecule has 0 aromatic carbocycles. The number of carbonyl (C=O) groups excluding carboxylic acids is 1. The molecule has 6 nitrogen and oxygen atoms in total. The van der Waals surface area contributed by atoms with Crippen LogP contribution >= 0.6 is 0 Å². The van der Waals surface area contributed by atoms with Crippen molar-refractivity contribution in [3.8, 4) is 0 Å². The molecule has 6 heteroatoms. The summed E-state index contributed by atoms with van der Waals surface area (Å²) in [4.78, 5) is 20.4. The fourth-order valence-electron chi connectivity index (χ4n) is 6.06. The van der Waals surface area contributed by atoms with E-state index in [9.17, 15) is 9.90 Å². The topological polar surface area (TPSA) is 90.0 Å². The van der Waals surface area contributed by atoms with Crippen LogP contribution in [0.5, 0.6) is 0 Å². The van der Waals surface area contributed by atoms with Crippen LogP contribution in [0.1, 0.15) is 56.3 Å². The van der Waals surface area contributed by atoms with Gasteiger partial charge in [-0.25, -0.2) is 4.98 Å². The molecule has 4 bridgehead atoms. The van der Waals surface area contributed by atoms with Crippen LogP contribution in [0.4, 0.5) is 5.69 Å². The largest absolute Gasteiger partial charge is 0.390 e. The predicted octanol–water partition coefficient (Wildman–Crippen LogP) is 3.05. The van der Waals surface area contributed by atoms with Gasteiger partial charge in [0.15, 0.2) is 0 Å². The highest BCUT2D eigenvalue weighted by molar-refractivity contribution is 6.06. The lowest BCUT2D eigenvalue weighted by Gasteiger charge is -2.58. The van der Waals surface area contributed by atoms with Crippen LogP contribution in [0.2, 0.25) is 0 Å². The first kappa shape index (κ1) is 17.0. The zero-order valence-electron chi connectivity index (χ0n) is 16.0. The number of hydrogen-bond donors (Lipinski definition) is 4. The normalized spacial score (nSPS) is 34.4. The number of amides is 1.